The molecule has 6 nitrogen and oxygen atoms in total. The molecule has 0 fully saturated rings. The van der Waals surface area contributed by atoms with Crippen molar-refractivity contribution in [3.8, 4) is 5.75 Å². The van der Waals surface area contributed by atoms with Crippen LogP contribution in [0, 0.1) is 0 Å². The first-order chi connectivity index (χ1) is 9.74. The van der Waals surface area contributed by atoms with Gasteiger partial charge in [0, 0.05) is 12.2 Å². The van der Waals surface area contributed by atoms with Gasteiger partial charge >= 0.3 is 0 Å². The highest BCUT2D eigenvalue weighted by Gasteiger charge is 2.14. The summed E-state index contributed by atoms with van der Waals surface area (Å²) >= 11 is 1.10. The Hall–Kier alpha value is -1.70. The van der Waals surface area contributed by atoms with Crippen LogP contribution >= 0.6 is 23.9 Å². The van der Waals surface area contributed by atoms with Crippen LogP contribution in [-0.4, -0.2) is 28.6 Å². The van der Waals surface area contributed by atoms with E-state index in [-0.39, 0.29) is 18.3 Å². The summed E-state index contributed by atoms with van der Waals surface area (Å²) in [4.78, 5) is 12.6. The number of anilines is 1. The van der Waals surface area contributed by atoms with Crippen molar-refractivity contribution in [1.82, 2.24) is 9.59 Å². The lowest BCUT2D eigenvalue weighted by atomic mass is 10.2. The van der Waals surface area contributed by atoms with Gasteiger partial charge in [-0.05, 0) is 42.2 Å². The lowest BCUT2D eigenvalue weighted by Gasteiger charge is -2.07. The van der Waals surface area contributed by atoms with Crippen molar-refractivity contribution >= 4 is 35.5 Å². The largest absolute Gasteiger partial charge is 0.492 e. The number of amides is 1. The first kappa shape index (κ1) is 17.4. The Morgan fingerprint density at radius 2 is 2.10 bits per heavy atom. The average Bonchev–Trinajstić information content (AvgIpc) is 2.95. The van der Waals surface area contributed by atoms with Crippen molar-refractivity contribution in [2.75, 3.05) is 18.5 Å². The minimum absolute atomic E-state index is 0. The lowest BCUT2D eigenvalue weighted by molar-refractivity contribution is 0.102. The number of nitrogens with two attached hydrogens (primary N) is 1. The van der Waals surface area contributed by atoms with Gasteiger partial charge in [0.05, 0.1) is 5.69 Å². The second-order valence-electron chi connectivity index (χ2n) is 4.02. The summed E-state index contributed by atoms with van der Waals surface area (Å²) < 4.78 is 9.17. The number of rotatable bonds is 6. The molecule has 21 heavy (non-hydrogen) atoms. The number of ether oxygens (including phenoxy) is 1. The molecule has 0 radical (unpaired) electrons. The Labute approximate surface area is 133 Å². The van der Waals surface area contributed by atoms with E-state index in [1.54, 1.807) is 24.3 Å². The molecule has 0 atom stereocenters. The van der Waals surface area contributed by atoms with Gasteiger partial charge in [-0.2, -0.15) is 0 Å². The van der Waals surface area contributed by atoms with Crippen LogP contribution in [0.1, 0.15) is 22.3 Å². The molecule has 3 N–H and O–H groups in total. The molecule has 0 saturated heterocycles. The molecule has 114 valence electrons. The first-order valence-corrected chi connectivity index (χ1v) is 7.07. The summed E-state index contributed by atoms with van der Waals surface area (Å²) in [5, 5.41) is 6.73. The fourth-order valence-corrected chi connectivity index (χ4v) is 2.26. The molecule has 0 unspecified atom stereocenters. The fraction of sp³-hybridized carbons (Fsp3) is 0.308. The van der Waals surface area contributed by atoms with Gasteiger partial charge in [-0.1, -0.05) is 11.4 Å². The third-order valence-electron chi connectivity index (χ3n) is 2.60. The molecular weight excluding hydrogens is 312 g/mol. The van der Waals surface area contributed by atoms with Crippen molar-refractivity contribution in [3.05, 3.63) is 34.8 Å². The van der Waals surface area contributed by atoms with Crippen LogP contribution in [-0.2, 0) is 6.42 Å². The summed E-state index contributed by atoms with van der Waals surface area (Å²) in [6.07, 6.45) is 0.686. The van der Waals surface area contributed by atoms with Crippen molar-refractivity contribution in [1.29, 1.82) is 0 Å². The molecule has 1 amide bonds. The molecule has 1 aromatic heterocycles. The Bertz CT molecular complexity index is 574. The summed E-state index contributed by atoms with van der Waals surface area (Å²) in [6.45, 7) is 2.88. The number of nitrogens with zero attached hydrogens (tertiary/aromatic N) is 2. The number of carbonyl (C=O) groups excluding carboxylic acids is 1. The molecule has 1 aromatic carbocycles. The summed E-state index contributed by atoms with van der Waals surface area (Å²) in [5.41, 5.74) is 6.78. The Morgan fingerprint density at radius 3 is 2.71 bits per heavy atom. The predicted molar refractivity (Wildman–Crippen MR) is 85.5 cm³/mol. The first-order valence-electron chi connectivity index (χ1n) is 6.30. The van der Waals surface area contributed by atoms with Crippen LogP contribution in [0.5, 0.6) is 5.75 Å². The molecular formula is C13H17ClN4O2S. The highest BCUT2D eigenvalue weighted by atomic mass is 35.5. The predicted octanol–water partition coefficient (Wildman–Crippen LogP) is 2.11. The number of hydrogen-bond acceptors (Lipinski definition) is 6. The molecule has 0 aliphatic rings. The number of halogens is 1. The standard InChI is InChI=1S/C13H16N4O2S.ClH/c1-2-11-12(20-17-16-11)13(18)15-9-3-5-10(6-4-9)19-8-7-14;/h3-6H,2,7-8,14H2,1H3,(H,15,18);1H. The van der Waals surface area contributed by atoms with Crippen molar-refractivity contribution < 1.29 is 9.53 Å². The third kappa shape index (κ3) is 4.66. The highest BCUT2D eigenvalue weighted by Crippen LogP contribution is 2.18. The van der Waals surface area contributed by atoms with E-state index < -0.39 is 0 Å². The number of nitrogens with one attached hydrogen (secondary N) is 1. The van der Waals surface area contributed by atoms with E-state index >= 15 is 0 Å². The normalized spacial score (nSPS) is 9.81. The maximum atomic E-state index is 12.1. The lowest BCUT2D eigenvalue weighted by Crippen LogP contribution is -2.12. The maximum Gasteiger partial charge on any atom is 0.269 e. The van der Waals surface area contributed by atoms with E-state index in [4.69, 9.17) is 10.5 Å². The third-order valence-corrected chi connectivity index (χ3v) is 3.36. The van der Waals surface area contributed by atoms with Gasteiger partial charge in [0.2, 0.25) is 0 Å². The van der Waals surface area contributed by atoms with Crippen molar-refractivity contribution in [3.63, 3.8) is 0 Å². The van der Waals surface area contributed by atoms with Gasteiger partial charge in [-0.15, -0.1) is 17.5 Å². The smallest absolute Gasteiger partial charge is 0.269 e. The summed E-state index contributed by atoms with van der Waals surface area (Å²) in [7, 11) is 0. The number of aryl methyl sites for hydroxylation is 1. The van der Waals surface area contributed by atoms with E-state index in [1.807, 2.05) is 6.92 Å². The Morgan fingerprint density at radius 1 is 1.38 bits per heavy atom. The number of carbonyl (C=O) groups is 1. The van der Waals surface area contributed by atoms with E-state index in [2.05, 4.69) is 14.9 Å². The van der Waals surface area contributed by atoms with E-state index in [0.717, 1.165) is 23.0 Å². The number of aromatic nitrogens is 2. The zero-order chi connectivity index (χ0) is 14.4. The van der Waals surface area contributed by atoms with Crippen LogP contribution in [0.3, 0.4) is 0 Å². The van der Waals surface area contributed by atoms with Gasteiger partial charge in [0.25, 0.3) is 5.91 Å². The zero-order valence-corrected chi connectivity index (χ0v) is 13.2. The average molecular weight is 329 g/mol. The monoisotopic (exact) mass is 328 g/mol. The Balaban J connectivity index is 0.00000220. The van der Waals surface area contributed by atoms with E-state index in [0.29, 0.717) is 30.1 Å². The minimum atomic E-state index is -0.188. The molecule has 1 heterocycles. The summed E-state index contributed by atoms with van der Waals surface area (Å²) in [5.74, 6) is 0.537. The molecule has 2 rings (SSSR count). The Kier molecular flexibility index (Phi) is 7.07. The van der Waals surface area contributed by atoms with Gasteiger partial charge in [0.15, 0.2) is 0 Å². The highest BCUT2D eigenvalue weighted by molar-refractivity contribution is 7.08. The van der Waals surface area contributed by atoms with Crippen LogP contribution < -0.4 is 15.8 Å². The number of hydrogen-bond donors (Lipinski definition) is 2. The van der Waals surface area contributed by atoms with Gasteiger partial charge in [-0.3, -0.25) is 4.79 Å². The molecule has 0 aliphatic heterocycles. The minimum Gasteiger partial charge on any atom is -0.492 e. The van der Waals surface area contributed by atoms with E-state index in [1.165, 1.54) is 0 Å². The molecule has 0 saturated carbocycles. The molecule has 2 aromatic rings. The van der Waals surface area contributed by atoms with Crippen LogP contribution in [0.15, 0.2) is 24.3 Å². The second kappa shape index (κ2) is 8.56. The van der Waals surface area contributed by atoms with Crippen molar-refractivity contribution in [2.24, 2.45) is 5.73 Å². The van der Waals surface area contributed by atoms with Gasteiger partial charge in [-0.25, -0.2) is 0 Å². The maximum absolute atomic E-state index is 12.1. The number of benzene rings is 1. The van der Waals surface area contributed by atoms with Crippen LogP contribution in [0.4, 0.5) is 5.69 Å². The summed E-state index contributed by atoms with van der Waals surface area (Å²) in [6, 6.07) is 7.14. The molecule has 0 aliphatic carbocycles. The fourth-order valence-electron chi connectivity index (χ4n) is 1.61. The van der Waals surface area contributed by atoms with Crippen molar-refractivity contribution in [2.45, 2.75) is 13.3 Å². The van der Waals surface area contributed by atoms with Gasteiger partial charge in [0.1, 0.15) is 17.2 Å². The molecule has 0 spiro atoms. The SMILES string of the molecule is CCc1nnsc1C(=O)Nc1ccc(OCCN)cc1.Cl. The van der Waals surface area contributed by atoms with Gasteiger partial charge < -0.3 is 15.8 Å². The topological polar surface area (TPSA) is 90.1 Å². The van der Waals surface area contributed by atoms with Crippen LogP contribution in [0.2, 0.25) is 0 Å². The zero-order valence-electron chi connectivity index (χ0n) is 11.5. The second-order valence-corrected chi connectivity index (χ2v) is 4.77. The molecule has 8 heteroatoms. The quantitative estimate of drug-likeness (QED) is 0.847. The van der Waals surface area contributed by atoms with E-state index in [9.17, 15) is 4.79 Å². The molecule has 0 bridgehead atoms. The van der Waals surface area contributed by atoms with Crippen LogP contribution in [0.25, 0.3) is 0 Å².